The Morgan fingerprint density at radius 2 is 1.52 bits per heavy atom. The van der Waals surface area contributed by atoms with Gasteiger partial charge in [-0.3, -0.25) is 0 Å². The molecule has 5 heteroatoms. The third kappa shape index (κ3) is 3.40. The summed E-state index contributed by atoms with van der Waals surface area (Å²) in [4.78, 5) is 0.324. The second-order valence-electron chi connectivity index (χ2n) is 5.82. The summed E-state index contributed by atoms with van der Waals surface area (Å²) >= 11 is 0. The van der Waals surface area contributed by atoms with Crippen LogP contribution in [-0.4, -0.2) is 14.0 Å². The van der Waals surface area contributed by atoms with Gasteiger partial charge in [-0.1, -0.05) is 26.8 Å². The fourth-order valence-electron chi connectivity index (χ4n) is 2.90. The van der Waals surface area contributed by atoms with E-state index in [4.69, 9.17) is 5.73 Å². The van der Waals surface area contributed by atoms with Crippen molar-refractivity contribution >= 4 is 15.7 Å². The second kappa shape index (κ2) is 6.36. The average Bonchev–Trinajstić information content (AvgIpc) is 2.42. The first-order chi connectivity index (χ1) is 9.64. The Hall–Kier alpha value is -1.07. The summed E-state index contributed by atoms with van der Waals surface area (Å²) in [5.74, 6) is 0. The van der Waals surface area contributed by atoms with E-state index in [1.165, 1.54) is 0 Å². The van der Waals surface area contributed by atoms with Crippen LogP contribution in [0.25, 0.3) is 0 Å². The number of nitrogen functional groups attached to an aromatic ring is 1. The predicted molar refractivity (Wildman–Crippen MR) is 89.0 cm³/mol. The van der Waals surface area contributed by atoms with E-state index in [-0.39, 0.29) is 0 Å². The molecule has 0 aliphatic carbocycles. The molecule has 0 fully saturated rings. The number of nitrogens with one attached hydrogen (secondary N) is 1. The standard InChI is InChI=1S/C16H28N2O2S/c1-7-16(8-2,9-3)18-21(19,20)15-12(5)10-11(4)14(17)13(15)6/h10,18H,7-9,17H2,1-6H3. The van der Waals surface area contributed by atoms with Crippen molar-refractivity contribution < 1.29 is 8.42 Å². The van der Waals surface area contributed by atoms with Crippen LogP contribution in [0.15, 0.2) is 11.0 Å². The number of rotatable bonds is 6. The van der Waals surface area contributed by atoms with Gasteiger partial charge in [0.05, 0.1) is 4.90 Å². The van der Waals surface area contributed by atoms with Crippen molar-refractivity contribution in [2.24, 2.45) is 0 Å². The van der Waals surface area contributed by atoms with Crippen molar-refractivity contribution in [1.82, 2.24) is 4.72 Å². The first kappa shape index (κ1) is 18.0. The number of hydrogen-bond donors (Lipinski definition) is 2. The highest BCUT2D eigenvalue weighted by Gasteiger charge is 2.32. The van der Waals surface area contributed by atoms with Crippen LogP contribution in [0.4, 0.5) is 5.69 Å². The SMILES string of the molecule is CCC(CC)(CC)NS(=O)(=O)c1c(C)cc(C)c(N)c1C. The molecule has 1 aromatic carbocycles. The highest BCUT2D eigenvalue weighted by Crippen LogP contribution is 2.30. The van der Waals surface area contributed by atoms with Crippen LogP contribution in [0.5, 0.6) is 0 Å². The molecule has 1 rings (SSSR count). The van der Waals surface area contributed by atoms with E-state index in [0.29, 0.717) is 16.1 Å². The van der Waals surface area contributed by atoms with E-state index < -0.39 is 15.6 Å². The molecule has 0 aliphatic rings. The van der Waals surface area contributed by atoms with Gasteiger partial charge in [0.2, 0.25) is 10.0 Å². The maximum atomic E-state index is 12.9. The average molecular weight is 312 g/mol. The lowest BCUT2D eigenvalue weighted by molar-refractivity contribution is 0.341. The van der Waals surface area contributed by atoms with E-state index >= 15 is 0 Å². The normalized spacial score (nSPS) is 12.7. The van der Waals surface area contributed by atoms with Crippen molar-refractivity contribution in [1.29, 1.82) is 0 Å². The molecule has 0 spiro atoms. The zero-order chi connectivity index (χ0) is 16.4. The Bertz CT molecular complexity index is 609. The zero-order valence-electron chi connectivity index (χ0n) is 14.0. The Balaban J connectivity index is 3.43. The molecule has 21 heavy (non-hydrogen) atoms. The number of aryl methyl sites for hydroxylation is 2. The third-order valence-corrected chi connectivity index (χ3v) is 6.48. The molecule has 0 aliphatic heterocycles. The van der Waals surface area contributed by atoms with Crippen molar-refractivity contribution in [2.45, 2.75) is 71.2 Å². The van der Waals surface area contributed by atoms with E-state index in [1.54, 1.807) is 6.92 Å². The van der Waals surface area contributed by atoms with Gasteiger partial charge in [-0.25, -0.2) is 13.1 Å². The molecule has 3 N–H and O–H groups in total. The van der Waals surface area contributed by atoms with E-state index in [0.717, 1.165) is 30.4 Å². The highest BCUT2D eigenvalue weighted by molar-refractivity contribution is 7.89. The summed E-state index contributed by atoms with van der Waals surface area (Å²) in [7, 11) is -3.58. The van der Waals surface area contributed by atoms with Crippen LogP contribution in [-0.2, 0) is 10.0 Å². The minimum Gasteiger partial charge on any atom is -0.398 e. The highest BCUT2D eigenvalue weighted by atomic mass is 32.2. The lowest BCUT2D eigenvalue weighted by Gasteiger charge is -2.32. The number of anilines is 1. The van der Waals surface area contributed by atoms with Crippen molar-refractivity contribution in [3.05, 3.63) is 22.8 Å². The quantitative estimate of drug-likeness (QED) is 0.790. The summed E-state index contributed by atoms with van der Waals surface area (Å²) in [5.41, 5.74) is 8.47. The monoisotopic (exact) mass is 312 g/mol. The van der Waals surface area contributed by atoms with Crippen molar-refractivity contribution in [3.8, 4) is 0 Å². The summed E-state index contributed by atoms with van der Waals surface area (Å²) in [6.45, 7) is 11.5. The zero-order valence-corrected chi connectivity index (χ0v) is 14.8. The Morgan fingerprint density at radius 3 is 1.95 bits per heavy atom. The van der Waals surface area contributed by atoms with Gasteiger partial charge in [-0.05, 0) is 56.7 Å². The van der Waals surface area contributed by atoms with Crippen LogP contribution in [0, 0.1) is 20.8 Å². The lowest BCUT2D eigenvalue weighted by Crippen LogP contribution is -2.47. The summed E-state index contributed by atoms with van der Waals surface area (Å²) in [5, 5.41) is 0. The maximum Gasteiger partial charge on any atom is 0.241 e. The Kier molecular flexibility index (Phi) is 5.45. The molecule has 120 valence electrons. The first-order valence-electron chi connectivity index (χ1n) is 7.54. The molecular weight excluding hydrogens is 284 g/mol. The van der Waals surface area contributed by atoms with Gasteiger partial charge in [-0.15, -0.1) is 0 Å². The molecule has 0 saturated heterocycles. The van der Waals surface area contributed by atoms with Gasteiger partial charge in [0.15, 0.2) is 0 Å². The topological polar surface area (TPSA) is 72.2 Å². The van der Waals surface area contributed by atoms with Crippen LogP contribution in [0.2, 0.25) is 0 Å². The summed E-state index contributed by atoms with van der Waals surface area (Å²) in [6.07, 6.45) is 2.29. The smallest absolute Gasteiger partial charge is 0.241 e. The van der Waals surface area contributed by atoms with Crippen LogP contribution >= 0.6 is 0 Å². The van der Waals surface area contributed by atoms with Gasteiger partial charge in [0, 0.05) is 11.2 Å². The van der Waals surface area contributed by atoms with Crippen molar-refractivity contribution in [2.75, 3.05) is 5.73 Å². The lowest BCUT2D eigenvalue weighted by atomic mass is 9.91. The van der Waals surface area contributed by atoms with Crippen LogP contribution in [0.3, 0.4) is 0 Å². The summed E-state index contributed by atoms with van der Waals surface area (Å²) < 4.78 is 28.6. The minimum absolute atomic E-state index is 0.324. The fraction of sp³-hybridized carbons (Fsp3) is 0.625. The third-order valence-electron chi connectivity index (χ3n) is 4.61. The largest absolute Gasteiger partial charge is 0.398 e. The number of sulfonamides is 1. The maximum absolute atomic E-state index is 12.9. The number of hydrogen-bond acceptors (Lipinski definition) is 3. The van der Waals surface area contributed by atoms with E-state index in [2.05, 4.69) is 4.72 Å². The van der Waals surface area contributed by atoms with Gasteiger partial charge in [-0.2, -0.15) is 0 Å². The fourth-order valence-corrected chi connectivity index (χ4v) is 5.00. The van der Waals surface area contributed by atoms with E-state index in [1.807, 2.05) is 40.7 Å². The number of benzene rings is 1. The molecule has 4 nitrogen and oxygen atoms in total. The first-order valence-corrected chi connectivity index (χ1v) is 9.02. The van der Waals surface area contributed by atoms with Gasteiger partial charge < -0.3 is 5.73 Å². The molecular formula is C16H28N2O2S. The predicted octanol–water partition coefficient (Wildman–Crippen LogP) is 3.44. The van der Waals surface area contributed by atoms with Crippen LogP contribution < -0.4 is 10.5 Å². The van der Waals surface area contributed by atoms with Gasteiger partial charge >= 0.3 is 0 Å². The van der Waals surface area contributed by atoms with Crippen LogP contribution in [0.1, 0.15) is 56.7 Å². The molecule has 0 aromatic heterocycles. The molecule has 0 heterocycles. The Labute approximate surface area is 129 Å². The minimum atomic E-state index is -3.58. The second-order valence-corrected chi connectivity index (χ2v) is 7.44. The molecule has 0 saturated carbocycles. The molecule has 0 amide bonds. The molecule has 0 atom stereocenters. The molecule has 0 bridgehead atoms. The number of nitrogens with two attached hydrogens (primary N) is 1. The van der Waals surface area contributed by atoms with Gasteiger partial charge in [0.25, 0.3) is 0 Å². The van der Waals surface area contributed by atoms with Gasteiger partial charge in [0.1, 0.15) is 0 Å². The summed E-state index contributed by atoms with van der Waals surface area (Å²) in [6, 6.07) is 1.84. The molecule has 0 unspecified atom stereocenters. The molecule has 0 radical (unpaired) electrons. The molecule has 1 aromatic rings. The van der Waals surface area contributed by atoms with Crippen molar-refractivity contribution in [3.63, 3.8) is 0 Å². The van der Waals surface area contributed by atoms with E-state index in [9.17, 15) is 8.42 Å². The Morgan fingerprint density at radius 1 is 1.05 bits per heavy atom.